The monoisotopic (exact) mass is 313 g/mol. The van der Waals surface area contributed by atoms with Crippen LogP contribution in [0.3, 0.4) is 0 Å². The average Bonchev–Trinajstić information content (AvgIpc) is 3.11. The minimum Gasteiger partial charge on any atom is -0.356 e. The number of rotatable bonds is 6. The Labute approximate surface area is 133 Å². The van der Waals surface area contributed by atoms with E-state index in [9.17, 15) is 4.79 Å². The third kappa shape index (κ3) is 3.36. The smallest absolute Gasteiger partial charge is 0.225 e. The zero-order valence-electron chi connectivity index (χ0n) is 12.6. The predicted molar refractivity (Wildman–Crippen MR) is 90.1 cm³/mol. The maximum Gasteiger partial charge on any atom is 0.225 e. The summed E-state index contributed by atoms with van der Waals surface area (Å²) in [6, 6.07) is 12.1. The van der Waals surface area contributed by atoms with E-state index in [1.165, 1.54) is 0 Å². The summed E-state index contributed by atoms with van der Waals surface area (Å²) in [6.45, 7) is 3.58. The summed E-state index contributed by atoms with van der Waals surface area (Å²) >= 11 is 1.62. The number of nitrogens with zero attached hydrogens (tertiary/aromatic N) is 2. The van der Waals surface area contributed by atoms with Crippen molar-refractivity contribution in [3.63, 3.8) is 0 Å². The molecule has 0 unspecified atom stereocenters. The number of aromatic nitrogens is 2. The highest BCUT2D eigenvalue weighted by atomic mass is 32.1. The van der Waals surface area contributed by atoms with Crippen LogP contribution in [-0.2, 0) is 17.8 Å². The molecule has 0 saturated carbocycles. The van der Waals surface area contributed by atoms with Gasteiger partial charge in [-0.25, -0.2) is 4.98 Å². The first kappa shape index (κ1) is 14.8. The zero-order valence-corrected chi connectivity index (χ0v) is 13.4. The van der Waals surface area contributed by atoms with E-state index in [-0.39, 0.29) is 5.91 Å². The van der Waals surface area contributed by atoms with Crippen LogP contribution >= 0.6 is 11.3 Å². The van der Waals surface area contributed by atoms with Crippen molar-refractivity contribution in [2.45, 2.75) is 26.3 Å². The fraction of sp³-hybridized carbons (Fsp3) is 0.294. The van der Waals surface area contributed by atoms with Gasteiger partial charge >= 0.3 is 0 Å². The molecule has 0 fully saturated rings. The minimum absolute atomic E-state index is 0.0923. The molecule has 3 rings (SSSR count). The third-order valence-electron chi connectivity index (χ3n) is 3.64. The number of hydrogen-bond acceptors (Lipinski definition) is 3. The highest BCUT2D eigenvalue weighted by molar-refractivity contribution is 7.10. The van der Waals surface area contributed by atoms with Gasteiger partial charge in [0, 0.05) is 18.0 Å². The molecule has 0 bridgehead atoms. The lowest BCUT2D eigenvalue weighted by atomic mass is 10.3. The number of fused-ring (bicyclic) bond motifs is 1. The largest absolute Gasteiger partial charge is 0.356 e. The summed E-state index contributed by atoms with van der Waals surface area (Å²) in [7, 11) is 0. The van der Waals surface area contributed by atoms with Crippen molar-refractivity contribution in [1.29, 1.82) is 0 Å². The second kappa shape index (κ2) is 6.75. The van der Waals surface area contributed by atoms with Gasteiger partial charge in [0.2, 0.25) is 5.91 Å². The molecule has 0 aliphatic heterocycles. The Morgan fingerprint density at radius 1 is 1.27 bits per heavy atom. The number of nitrogens with one attached hydrogen (secondary N) is 1. The Morgan fingerprint density at radius 3 is 2.95 bits per heavy atom. The number of amides is 1. The second-order valence-corrected chi connectivity index (χ2v) is 6.29. The van der Waals surface area contributed by atoms with Gasteiger partial charge in [-0.1, -0.05) is 18.2 Å². The number of aryl methyl sites for hydroxylation is 2. The normalized spacial score (nSPS) is 11.0. The van der Waals surface area contributed by atoms with Gasteiger partial charge in [0.25, 0.3) is 0 Å². The zero-order chi connectivity index (χ0) is 15.4. The van der Waals surface area contributed by atoms with Gasteiger partial charge in [0.15, 0.2) is 0 Å². The molecule has 0 aliphatic rings. The highest BCUT2D eigenvalue weighted by Crippen LogP contribution is 2.15. The van der Waals surface area contributed by atoms with Gasteiger partial charge in [-0.05, 0) is 36.9 Å². The number of carbonyl (C=O) groups is 1. The van der Waals surface area contributed by atoms with Crippen LogP contribution in [0, 0.1) is 6.92 Å². The molecule has 0 saturated heterocycles. The van der Waals surface area contributed by atoms with Crippen LogP contribution in [0.4, 0.5) is 0 Å². The first-order valence-electron chi connectivity index (χ1n) is 7.45. The second-order valence-electron chi connectivity index (χ2n) is 5.26. The Bertz CT molecular complexity index is 761. The molecule has 2 aromatic heterocycles. The van der Waals surface area contributed by atoms with Crippen LogP contribution < -0.4 is 5.32 Å². The fourth-order valence-corrected chi connectivity index (χ4v) is 3.28. The summed E-state index contributed by atoms with van der Waals surface area (Å²) < 4.78 is 2.21. The number of hydrogen-bond donors (Lipinski definition) is 1. The van der Waals surface area contributed by atoms with Gasteiger partial charge in [0.1, 0.15) is 5.82 Å². The quantitative estimate of drug-likeness (QED) is 0.711. The molecule has 1 N–H and O–H groups in total. The standard InChI is InChI=1S/C17H19N3OS/c1-13-19-15-7-2-3-8-16(15)20(13)10-5-9-18-17(21)12-14-6-4-11-22-14/h2-4,6-8,11H,5,9-10,12H2,1H3,(H,18,21). The van der Waals surface area contributed by atoms with E-state index in [0.717, 1.165) is 34.7 Å². The van der Waals surface area contributed by atoms with Crippen molar-refractivity contribution < 1.29 is 4.79 Å². The summed E-state index contributed by atoms with van der Waals surface area (Å²) in [5, 5.41) is 4.98. The van der Waals surface area contributed by atoms with E-state index in [4.69, 9.17) is 0 Å². The maximum atomic E-state index is 11.8. The van der Waals surface area contributed by atoms with Crippen molar-refractivity contribution >= 4 is 28.3 Å². The number of para-hydroxylation sites is 2. The fourth-order valence-electron chi connectivity index (χ4n) is 2.58. The Kier molecular flexibility index (Phi) is 4.53. The Morgan fingerprint density at radius 2 is 2.14 bits per heavy atom. The van der Waals surface area contributed by atoms with Crippen molar-refractivity contribution in [1.82, 2.24) is 14.9 Å². The lowest BCUT2D eigenvalue weighted by Gasteiger charge is -2.08. The van der Waals surface area contributed by atoms with E-state index >= 15 is 0 Å². The van der Waals surface area contributed by atoms with Crippen LogP contribution in [0.25, 0.3) is 11.0 Å². The summed E-state index contributed by atoms with van der Waals surface area (Å²) in [6.07, 6.45) is 1.38. The van der Waals surface area contributed by atoms with Crippen LogP contribution in [0.5, 0.6) is 0 Å². The van der Waals surface area contributed by atoms with Crippen LogP contribution in [-0.4, -0.2) is 22.0 Å². The molecule has 5 heteroatoms. The third-order valence-corrected chi connectivity index (χ3v) is 4.52. The summed E-state index contributed by atoms with van der Waals surface area (Å²) in [5.41, 5.74) is 2.19. The number of benzene rings is 1. The molecule has 0 spiro atoms. The number of carbonyl (C=O) groups excluding carboxylic acids is 1. The molecule has 3 aromatic rings. The van der Waals surface area contributed by atoms with E-state index in [1.807, 2.05) is 42.6 Å². The molecule has 1 amide bonds. The molecule has 0 atom stereocenters. The minimum atomic E-state index is 0.0923. The van der Waals surface area contributed by atoms with Gasteiger partial charge in [-0.3, -0.25) is 4.79 Å². The molecule has 1 aromatic carbocycles. The van der Waals surface area contributed by atoms with Crippen molar-refractivity contribution in [3.05, 3.63) is 52.5 Å². The maximum absolute atomic E-state index is 11.8. The van der Waals surface area contributed by atoms with Crippen molar-refractivity contribution in [2.75, 3.05) is 6.54 Å². The van der Waals surface area contributed by atoms with Crippen LogP contribution in [0.15, 0.2) is 41.8 Å². The van der Waals surface area contributed by atoms with Crippen LogP contribution in [0.2, 0.25) is 0 Å². The summed E-state index contributed by atoms with van der Waals surface area (Å²) in [5.74, 6) is 1.11. The highest BCUT2D eigenvalue weighted by Gasteiger charge is 2.07. The van der Waals surface area contributed by atoms with E-state index < -0.39 is 0 Å². The van der Waals surface area contributed by atoms with Gasteiger partial charge in [0.05, 0.1) is 17.5 Å². The topological polar surface area (TPSA) is 46.9 Å². The number of thiophene rings is 1. The molecule has 0 radical (unpaired) electrons. The van der Waals surface area contributed by atoms with E-state index in [2.05, 4.69) is 20.9 Å². The van der Waals surface area contributed by atoms with Gasteiger partial charge in [-0.15, -0.1) is 11.3 Å². The van der Waals surface area contributed by atoms with E-state index in [1.54, 1.807) is 11.3 Å². The molecule has 0 aliphatic carbocycles. The first-order chi connectivity index (χ1) is 10.7. The molecule has 4 nitrogen and oxygen atoms in total. The number of imidazole rings is 1. The Hall–Kier alpha value is -2.14. The van der Waals surface area contributed by atoms with Crippen molar-refractivity contribution in [2.24, 2.45) is 0 Å². The predicted octanol–water partition coefficient (Wildman–Crippen LogP) is 3.16. The molecule has 2 heterocycles. The molecule has 22 heavy (non-hydrogen) atoms. The van der Waals surface area contributed by atoms with E-state index in [0.29, 0.717) is 13.0 Å². The molecule has 114 valence electrons. The molecular weight excluding hydrogens is 294 g/mol. The van der Waals surface area contributed by atoms with Gasteiger partial charge in [-0.2, -0.15) is 0 Å². The first-order valence-corrected chi connectivity index (χ1v) is 8.33. The van der Waals surface area contributed by atoms with Crippen LogP contribution in [0.1, 0.15) is 17.1 Å². The SMILES string of the molecule is Cc1nc2ccccc2n1CCCNC(=O)Cc1cccs1. The lowest BCUT2D eigenvalue weighted by Crippen LogP contribution is -2.26. The Balaban J connectivity index is 1.50. The average molecular weight is 313 g/mol. The lowest BCUT2D eigenvalue weighted by molar-refractivity contribution is -0.120. The molecular formula is C17H19N3OS. The van der Waals surface area contributed by atoms with Gasteiger partial charge < -0.3 is 9.88 Å². The van der Waals surface area contributed by atoms with Crippen molar-refractivity contribution in [3.8, 4) is 0 Å². The summed E-state index contributed by atoms with van der Waals surface area (Å²) in [4.78, 5) is 17.5.